The van der Waals surface area contributed by atoms with Crippen LogP contribution < -0.4 is 10.9 Å². The molecule has 0 saturated heterocycles. The summed E-state index contributed by atoms with van der Waals surface area (Å²) in [6, 6.07) is 5.10. The van der Waals surface area contributed by atoms with Crippen LogP contribution in [0.1, 0.15) is 32.2 Å². The van der Waals surface area contributed by atoms with Crippen LogP contribution in [0.5, 0.6) is 0 Å². The SMILES string of the molecule is Cc1cc(C(=O)NNC(=O)c2ccc(Cl)c([N+](=O)[O-])c2)c(C)o1. The van der Waals surface area contributed by atoms with Gasteiger partial charge < -0.3 is 4.42 Å². The number of rotatable bonds is 3. The maximum atomic E-state index is 11.9. The molecule has 8 nitrogen and oxygen atoms in total. The van der Waals surface area contributed by atoms with E-state index in [-0.39, 0.29) is 16.1 Å². The quantitative estimate of drug-likeness (QED) is 0.659. The number of carbonyl (C=O) groups is 2. The summed E-state index contributed by atoms with van der Waals surface area (Å²) in [5.41, 5.74) is 4.26. The van der Waals surface area contributed by atoms with Crippen molar-refractivity contribution in [3.63, 3.8) is 0 Å². The van der Waals surface area contributed by atoms with Crippen LogP contribution in [0.3, 0.4) is 0 Å². The maximum Gasteiger partial charge on any atom is 0.288 e. The molecule has 9 heteroatoms. The van der Waals surface area contributed by atoms with Crippen LogP contribution in [0.15, 0.2) is 28.7 Å². The number of nitrogens with one attached hydrogen (secondary N) is 2. The number of hydrogen-bond donors (Lipinski definition) is 2. The Morgan fingerprint density at radius 1 is 1.17 bits per heavy atom. The molecule has 0 fully saturated rings. The van der Waals surface area contributed by atoms with Gasteiger partial charge in [-0.15, -0.1) is 0 Å². The Hall–Kier alpha value is -2.87. The molecule has 1 heterocycles. The molecule has 120 valence electrons. The van der Waals surface area contributed by atoms with Crippen molar-refractivity contribution in [3.05, 3.63) is 62.0 Å². The molecule has 2 N–H and O–H groups in total. The average Bonchev–Trinajstić information content (AvgIpc) is 2.83. The molecule has 23 heavy (non-hydrogen) atoms. The largest absolute Gasteiger partial charge is 0.466 e. The van der Waals surface area contributed by atoms with Gasteiger partial charge in [-0.3, -0.25) is 30.6 Å². The second-order valence-electron chi connectivity index (χ2n) is 4.66. The summed E-state index contributed by atoms with van der Waals surface area (Å²) in [6.07, 6.45) is 0. The van der Waals surface area contributed by atoms with Gasteiger partial charge in [0.2, 0.25) is 0 Å². The fraction of sp³-hybridized carbons (Fsp3) is 0.143. The third kappa shape index (κ3) is 3.67. The molecular weight excluding hydrogens is 326 g/mol. The van der Waals surface area contributed by atoms with E-state index in [1.807, 2.05) is 0 Å². The first-order valence-corrected chi connectivity index (χ1v) is 6.79. The number of amides is 2. The van der Waals surface area contributed by atoms with Crippen LogP contribution in [-0.4, -0.2) is 16.7 Å². The Bertz CT molecular complexity index is 800. The molecule has 2 amide bonds. The van der Waals surface area contributed by atoms with E-state index in [4.69, 9.17) is 16.0 Å². The van der Waals surface area contributed by atoms with E-state index in [9.17, 15) is 19.7 Å². The van der Waals surface area contributed by atoms with Gasteiger partial charge in [-0.2, -0.15) is 0 Å². The van der Waals surface area contributed by atoms with Crippen molar-refractivity contribution in [2.75, 3.05) is 0 Å². The van der Waals surface area contributed by atoms with E-state index in [2.05, 4.69) is 10.9 Å². The number of aryl methyl sites for hydroxylation is 2. The molecule has 0 aliphatic heterocycles. The predicted molar refractivity (Wildman–Crippen MR) is 81.2 cm³/mol. The molecule has 1 aromatic carbocycles. The van der Waals surface area contributed by atoms with Gasteiger partial charge in [0.1, 0.15) is 16.5 Å². The minimum Gasteiger partial charge on any atom is -0.466 e. The summed E-state index contributed by atoms with van der Waals surface area (Å²) < 4.78 is 5.22. The van der Waals surface area contributed by atoms with Gasteiger partial charge in [0, 0.05) is 11.6 Å². The highest BCUT2D eigenvalue weighted by molar-refractivity contribution is 6.32. The lowest BCUT2D eigenvalue weighted by atomic mass is 10.2. The molecule has 1 aromatic heterocycles. The first kappa shape index (κ1) is 16.5. The highest BCUT2D eigenvalue weighted by Gasteiger charge is 2.18. The Balaban J connectivity index is 2.08. The number of hydrogen-bond acceptors (Lipinski definition) is 5. The Morgan fingerprint density at radius 3 is 2.39 bits per heavy atom. The van der Waals surface area contributed by atoms with E-state index in [0.717, 1.165) is 6.07 Å². The number of halogens is 1. The molecule has 2 aromatic rings. The van der Waals surface area contributed by atoms with Crippen molar-refractivity contribution in [3.8, 4) is 0 Å². The molecule has 0 spiro atoms. The van der Waals surface area contributed by atoms with E-state index >= 15 is 0 Å². The van der Waals surface area contributed by atoms with Crippen molar-refractivity contribution < 1.29 is 18.9 Å². The van der Waals surface area contributed by atoms with Gasteiger partial charge in [0.25, 0.3) is 17.5 Å². The van der Waals surface area contributed by atoms with Crippen LogP contribution >= 0.6 is 11.6 Å². The zero-order valence-electron chi connectivity index (χ0n) is 12.2. The van der Waals surface area contributed by atoms with Crippen molar-refractivity contribution in [1.29, 1.82) is 0 Å². The fourth-order valence-corrected chi connectivity index (χ4v) is 2.09. The molecule has 0 aliphatic rings. The number of furan rings is 1. The van der Waals surface area contributed by atoms with E-state index < -0.39 is 22.4 Å². The molecule has 0 aliphatic carbocycles. The lowest BCUT2D eigenvalue weighted by molar-refractivity contribution is -0.384. The van der Waals surface area contributed by atoms with Crippen LogP contribution in [0.25, 0.3) is 0 Å². The first-order valence-electron chi connectivity index (χ1n) is 6.41. The molecule has 0 radical (unpaired) electrons. The maximum absolute atomic E-state index is 11.9. The van der Waals surface area contributed by atoms with Gasteiger partial charge in [-0.25, -0.2) is 0 Å². The lowest BCUT2D eigenvalue weighted by Gasteiger charge is -2.07. The zero-order valence-corrected chi connectivity index (χ0v) is 12.9. The second kappa shape index (κ2) is 6.49. The normalized spacial score (nSPS) is 10.2. The van der Waals surface area contributed by atoms with Crippen molar-refractivity contribution in [1.82, 2.24) is 10.9 Å². The van der Waals surface area contributed by atoms with Crippen LogP contribution in [0.4, 0.5) is 5.69 Å². The summed E-state index contributed by atoms with van der Waals surface area (Å²) in [5.74, 6) is -0.296. The molecule has 0 saturated carbocycles. The monoisotopic (exact) mass is 337 g/mol. The third-order valence-electron chi connectivity index (χ3n) is 2.98. The second-order valence-corrected chi connectivity index (χ2v) is 5.07. The highest BCUT2D eigenvalue weighted by Crippen LogP contribution is 2.24. The smallest absolute Gasteiger partial charge is 0.288 e. The van der Waals surface area contributed by atoms with Gasteiger partial charge >= 0.3 is 0 Å². The van der Waals surface area contributed by atoms with Crippen LogP contribution in [-0.2, 0) is 0 Å². The Kier molecular flexibility index (Phi) is 4.65. The summed E-state index contributed by atoms with van der Waals surface area (Å²) in [5, 5.41) is 10.7. The van der Waals surface area contributed by atoms with Crippen LogP contribution in [0.2, 0.25) is 5.02 Å². The summed E-state index contributed by atoms with van der Waals surface area (Å²) >= 11 is 5.67. The summed E-state index contributed by atoms with van der Waals surface area (Å²) in [7, 11) is 0. The number of carbonyl (C=O) groups excluding carboxylic acids is 2. The van der Waals surface area contributed by atoms with Crippen molar-refractivity contribution in [2.24, 2.45) is 0 Å². The fourth-order valence-electron chi connectivity index (χ4n) is 1.90. The highest BCUT2D eigenvalue weighted by atomic mass is 35.5. The number of nitrogens with zero attached hydrogens (tertiary/aromatic N) is 1. The third-order valence-corrected chi connectivity index (χ3v) is 3.30. The number of nitro groups is 1. The summed E-state index contributed by atoms with van der Waals surface area (Å²) in [4.78, 5) is 34.0. The van der Waals surface area contributed by atoms with Gasteiger partial charge in [0.05, 0.1) is 10.5 Å². The van der Waals surface area contributed by atoms with Crippen LogP contribution in [0, 0.1) is 24.0 Å². The topological polar surface area (TPSA) is 114 Å². The van der Waals surface area contributed by atoms with Gasteiger partial charge in [-0.05, 0) is 32.0 Å². The Labute approximate surface area is 135 Å². The molecule has 2 rings (SSSR count). The minimum atomic E-state index is -0.712. The van der Waals surface area contributed by atoms with E-state index in [0.29, 0.717) is 11.5 Å². The average molecular weight is 338 g/mol. The van der Waals surface area contributed by atoms with Crippen molar-refractivity contribution >= 4 is 29.1 Å². The number of nitro benzene ring substituents is 1. The molecule has 0 atom stereocenters. The predicted octanol–water partition coefficient (Wildman–Crippen LogP) is 2.53. The lowest BCUT2D eigenvalue weighted by Crippen LogP contribution is -2.41. The number of benzene rings is 1. The van der Waals surface area contributed by atoms with Crippen molar-refractivity contribution in [2.45, 2.75) is 13.8 Å². The number of hydrazine groups is 1. The summed E-state index contributed by atoms with van der Waals surface area (Å²) in [6.45, 7) is 3.31. The molecular formula is C14H12ClN3O5. The van der Waals surface area contributed by atoms with E-state index in [1.54, 1.807) is 13.8 Å². The zero-order chi connectivity index (χ0) is 17.1. The minimum absolute atomic E-state index is 0.0125. The first-order chi connectivity index (χ1) is 10.8. The van der Waals surface area contributed by atoms with Gasteiger partial charge in [-0.1, -0.05) is 11.6 Å². The standard InChI is InChI=1S/C14H12ClN3O5/c1-7-5-10(8(2)23-7)14(20)17-16-13(19)9-3-4-11(15)12(6-9)18(21)22/h3-6H,1-2H3,(H,16,19)(H,17,20). The van der Waals surface area contributed by atoms with E-state index in [1.165, 1.54) is 18.2 Å². The molecule has 0 unspecified atom stereocenters. The molecule has 0 bridgehead atoms. The Morgan fingerprint density at radius 2 is 1.83 bits per heavy atom. The van der Waals surface area contributed by atoms with Gasteiger partial charge in [0.15, 0.2) is 0 Å².